The van der Waals surface area contributed by atoms with Crippen LogP contribution in [-0.4, -0.2) is 71.0 Å². The molecule has 14 heteroatoms. The number of nitrogens with one attached hydrogen (secondary N) is 2. The molecule has 0 radical (unpaired) electrons. The Hall–Kier alpha value is -4.43. The maximum atomic E-state index is 15.6. The number of hydrogen-bond acceptors (Lipinski definition) is 10. The van der Waals surface area contributed by atoms with Gasteiger partial charge in [0, 0.05) is 43.6 Å². The van der Waals surface area contributed by atoms with E-state index >= 15 is 4.39 Å². The number of aryl methyl sites for hydroxylation is 1. The maximum absolute atomic E-state index is 15.6. The third-order valence-corrected chi connectivity index (χ3v) is 9.46. The Morgan fingerprint density at radius 3 is 2.62 bits per heavy atom. The van der Waals surface area contributed by atoms with Gasteiger partial charge in [-0.3, -0.25) is 4.90 Å². The summed E-state index contributed by atoms with van der Waals surface area (Å²) in [5, 5.41) is 13.9. The molecule has 4 aromatic rings. The van der Waals surface area contributed by atoms with Crippen LogP contribution in [0.5, 0.6) is 5.75 Å². The SMILES string of the molecule is Cn1nnn(-c2cc(Nc3ncc(F)c(NC4CC5CCCN5C(C)(C)C4)n3)c(F)cc2OC2CC(OCc3ccccc3)C2)c1=O. The molecule has 0 amide bonds. The van der Waals surface area contributed by atoms with Gasteiger partial charge in [0.25, 0.3) is 0 Å². The van der Waals surface area contributed by atoms with Gasteiger partial charge in [0.1, 0.15) is 17.5 Å². The summed E-state index contributed by atoms with van der Waals surface area (Å²) < 4.78 is 44.8. The number of tetrazole rings is 1. The zero-order valence-corrected chi connectivity index (χ0v) is 26.7. The van der Waals surface area contributed by atoms with E-state index < -0.39 is 17.3 Å². The van der Waals surface area contributed by atoms with Crippen LogP contribution in [0.25, 0.3) is 5.69 Å². The van der Waals surface area contributed by atoms with Crippen molar-refractivity contribution >= 4 is 17.5 Å². The second kappa shape index (κ2) is 12.6. The summed E-state index contributed by atoms with van der Waals surface area (Å²) in [6, 6.07) is 13.0. The molecule has 0 spiro atoms. The van der Waals surface area contributed by atoms with Crippen molar-refractivity contribution in [2.75, 3.05) is 17.2 Å². The van der Waals surface area contributed by atoms with E-state index in [9.17, 15) is 9.18 Å². The molecule has 12 nitrogen and oxygen atoms in total. The van der Waals surface area contributed by atoms with E-state index in [1.54, 1.807) is 0 Å². The van der Waals surface area contributed by atoms with Crippen LogP contribution in [-0.2, 0) is 18.4 Å². The van der Waals surface area contributed by atoms with Gasteiger partial charge >= 0.3 is 5.69 Å². The standard InChI is InChI=1S/C33H39F2N9O3/c1-33(2)17-21(12-22-10-7-11-43(22)33)37-30-26(35)18-36-31(39-30)38-27-16-28(44-32(45)42(3)40-41-44)29(15-25(27)34)47-24-13-23(14-24)46-19-20-8-5-4-6-9-20/h4-6,8-9,15-16,18,21-24H,7,10-14,17,19H2,1-3H3,(H2,36,37,38,39). The third-order valence-electron chi connectivity index (χ3n) is 9.46. The lowest BCUT2D eigenvalue weighted by Gasteiger charge is -2.47. The molecule has 2 aromatic carbocycles. The van der Waals surface area contributed by atoms with Crippen LogP contribution in [0, 0.1) is 11.6 Å². The van der Waals surface area contributed by atoms with E-state index in [-0.39, 0.29) is 52.7 Å². The number of piperidine rings is 1. The Kier molecular flexibility index (Phi) is 8.39. The molecule has 3 aliphatic rings. The van der Waals surface area contributed by atoms with E-state index in [2.05, 4.69) is 49.8 Å². The lowest BCUT2D eigenvalue weighted by molar-refractivity contribution is -0.0684. The van der Waals surface area contributed by atoms with Crippen molar-refractivity contribution in [2.24, 2.45) is 7.05 Å². The van der Waals surface area contributed by atoms with Gasteiger partial charge in [0.2, 0.25) is 5.95 Å². The van der Waals surface area contributed by atoms with Gasteiger partial charge in [-0.15, -0.1) is 0 Å². The number of benzene rings is 2. The van der Waals surface area contributed by atoms with Gasteiger partial charge in [-0.25, -0.2) is 18.6 Å². The maximum Gasteiger partial charge on any atom is 0.368 e. The minimum atomic E-state index is -0.672. The number of hydrogen-bond donors (Lipinski definition) is 2. The van der Waals surface area contributed by atoms with Gasteiger partial charge < -0.3 is 20.1 Å². The Morgan fingerprint density at radius 2 is 1.85 bits per heavy atom. The van der Waals surface area contributed by atoms with Gasteiger partial charge in [0.05, 0.1) is 24.6 Å². The lowest BCUT2D eigenvalue weighted by Crippen LogP contribution is -2.55. The average molecular weight is 648 g/mol. The molecule has 2 N–H and O–H groups in total. The zero-order chi connectivity index (χ0) is 32.7. The molecule has 2 unspecified atom stereocenters. The predicted molar refractivity (Wildman–Crippen MR) is 171 cm³/mol. The van der Waals surface area contributed by atoms with Crippen LogP contribution in [0.3, 0.4) is 0 Å². The second-order valence-electron chi connectivity index (χ2n) is 13.3. The van der Waals surface area contributed by atoms with Crippen LogP contribution >= 0.6 is 0 Å². The van der Waals surface area contributed by atoms with Crippen LogP contribution < -0.4 is 21.1 Å². The molecular formula is C33H39F2N9O3. The van der Waals surface area contributed by atoms with E-state index in [1.165, 1.54) is 25.6 Å². The van der Waals surface area contributed by atoms with Gasteiger partial charge in [-0.05, 0) is 68.1 Å². The Balaban J connectivity index is 1.08. The molecule has 2 aliphatic heterocycles. The summed E-state index contributed by atoms with van der Waals surface area (Å²) in [6.07, 6.45) is 6.06. The van der Waals surface area contributed by atoms with Crippen LogP contribution in [0.15, 0.2) is 53.5 Å². The summed E-state index contributed by atoms with van der Waals surface area (Å²) in [5.74, 6) is -1.09. The van der Waals surface area contributed by atoms with E-state index in [0.717, 1.165) is 46.9 Å². The number of fused-ring (bicyclic) bond motifs is 1. The normalized spacial score (nSPS) is 23.6. The molecule has 2 atom stereocenters. The van der Waals surface area contributed by atoms with Crippen LogP contribution in [0.4, 0.5) is 26.2 Å². The van der Waals surface area contributed by atoms with Crippen molar-refractivity contribution in [3.8, 4) is 11.4 Å². The molecule has 2 aromatic heterocycles. The van der Waals surface area contributed by atoms with Crippen LogP contribution in [0.2, 0.25) is 0 Å². The van der Waals surface area contributed by atoms with E-state index in [4.69, 9.17) is 9.47 Å². The third kappa shape index (κ3) is 6.57. The fourth-order valence-electron chi connectivity index (χ4n) is 7.04. The van der Waals surface area contributed by atoms with E-state index in [1.807, 2.05) is 30.3 Å². The Morgan fingerprint density at radius 1 is 1.04 bits per heavy atom. The first kappa shape index (κ1) is 31.2. The summed E-state index contributed by atoms with van der Waals surface area (Å²) in [5.41, 5.74) is 0.676. The number of nitrogens with zero attached hydrogens (tertiary/aromatic N) is 7. The highest BCUT2D eigenvalue weighted by Gasteiger charge is 2.43. The van der Waals surface area contributed by atoms with Crippen molar-refractivity contribution in [3.63, 3.8) is 0 Å². The highest BCUT2D eigenvalue weighted by atomic mass is 19.1. The monoisotopic (exact) mass is 647 g/mol. The van der Waals surface area contributed by atoms with Crippen molar-refractivity contribution in [1.29, 1.82) is 0 Å². The molecule has 248 valence electrons. The number of anilines is 3. The van der Waals surface area contributed by atoms with Crippen LogP contribution in [0.1, 0.15) is 57.9 Å². The molecule has 3 fully saturated rings. The van der Waals surface area contributed by atoms with Gasteiger partial charge in [-0.1, -0.05) is 30.3 Å². The number of ether oxygens (including phenoxy) is 2. The lowest BCUT2D eigenvalue weighted by atomic mass is 9.84. The number of rotatable bonds is 10. The molecule has 1 aliphatic carbocycles. The molecule has 47 heavy (non-hydrogen) atoms. The smallest absolute Gasteiger partial charge is 0.368 e. The number of halogens is 2. The van der Waals surface area contributed by atoms with Crippen molar-refractivity contribution in [1.82, 2.24) is 34.7 Å². The number of aromatic nitrogens is 6. The highest BCUT2D eigenvalue weighted by Crippen LogP contribution is 2.39. The first-order valence-corrected chi connectivity index (χ1v) is 16.1. The fourth-order valence-corrected chi connectivity index (χ4v) is 7.04. The summed E-state index contributed by atoms with van der Waals surface area (Å²) in [7, 11) is 1.47. The van der Waals surface area contributed by atoms with Gasteiger partial charge in [0.15, 0.2) is 17.5 Å². The molecule has 1 saturated carbocycles. The first-order valence-electron chi connectivity index (χ1n) is 16.1. The Labute approximate surface area is 271 Å². The topological polar surface area (TPSA) is 124 Å². The average Bonchev–Trinajstić information content (AvgIpc) is 3.64. The minimum Gasteiger partial charge on any atom is -0.488 e. The van der Waals surface area contributed by atoms with E-state index in [0.29, 0.717) is 25.5 Å². The molecule has 2 saturated heterocycles. The largest absolute Gasteiger partial charge is 0.488 e. The molecule has 7 rings (SSSR count). The van der Waals surface area contributed by atoms with Crippen molar-refractivity contribution in [3.05, 3.63) is 76.3 Å². The quantitative estimate of drug-likeness (QED) is 0.250. The summed E-state index contributed by atoms with van der Waals surface area (Å²) in [4.78, 5) is 23.8. The predicted octanol–water partition coefficient (Wildman–Crippen LogP) is 4.72. The van der Waals surface area contributed by atoms with Crippen molar-refractivity contribution in [2.45, 2.75) is 88.8 Å². The summed E-state index contributed by atoms with van der Waals surface area (Å²) >= 11 is 0. The Bertz CT molecular complexity index is 1790. The van der Waals surface area contributed by atoms with Gasteiger partial charge in [-0.2, -0.15) is 14.3 Å². The molecule has 4 heterocycles. The second-order valence-corrected chi connectivity index (χ2v) is 13.3. The highest BCUT2D eigenvalue weighted by molar-refractivity contribution is 5.63. The first-order chi connectivity index (χ1) is 22.6. The minimum absolute atomic E-state index is 0.00361. The molecular weight excluding hydrogens is 608 g/mol. The fraction of sp³-hybridized carbons (Fsp3) is 0.485. The zero-order valence-electron chi connectivity index (χ0n) is 26.7. The van der Waals surface area contributed by atoms with Crippen molar-refractivity contribution < 1.29 is 18.3 Å². The summed E-state index contributed by atoms with van der Waals surface area (Å²) in [6.45, 7) is 6.03. The molecule has 0 bridgehead atoms.